The number of carbonyl (C=O) groups excluding carboxylic acids is 1. The summed E-state index contributed by atoms with van der Waals surface area (Å²) in [5.41, 5.74) is 4.04. The van der Waals surface area contributed by atoms with E-state index in [1.165, 1.54) is 13.2 Å². The van der Waals surface area contributed by atoms with Gasteiger partial charge >= 0.3 is 0 Å². The van der Waals surface area contributed by atoms with Crippen LogP contribution in [0.1, 0.15) is 15.9 Å². The van der Waals surface area contributed by atoms with Gasteiger partial charge in [0.2, 0.25) is 5.89 Å². The summed E-state index contributed by atoms with van der Waals surface area (Å²) in [5.74, 6) is 0.463. The molecule has 4 aromatic rings. The van der Waals surface area contributed by atoms with Gasteiger partial charge in [0.25, 0.3) is 5.91 Å². The molecule has 0 unspecified atom stereocenters. The number of rotatable bonds is 4. The maximum atomic E-state index is 12.5. The van der Waals surface area contributed by atoms with E-state index in [4.69, 9.17) is 44.6 Å². The molecule has 1 aromatic heterocycles. The molecule has 0 fully saturated rings. The highest BCUT2D eigenvalue weighted by Gasteiger charge is 2.15. The first-order valence-corrected chi connectivity index (χ1v) is 10.6. The maximum Gasteiger partial charge on any atom is 0.257 e. The Hall–Kier alpha value is -3.13. The largest absolute Gasteiger partial charge is 0.495 e. The molecule has 0 saturated carbocycles. The molecule has 9 heteroatoms. The fraction of sp³-hybridized carbons (Fsp3) is 0.0870. The number of nitrogens with one attached hydrogen (secondary N) is 2. The van der Waals surface area contributed by atoms with Crippen molar-refractivity contribution in [1.82, 2.24) is 10.3 Å². The van der Waals surface area contributed by atoms with Crippen molar-refractivity contribution in [1.29, 1.82) is 0 Å². The number of anilines is 1. The number of benzene rings is 3. The monoisotopic (exact) mass is 485 g/mol. The van der Waals surface area contributed by atoms with E-state index in [1.54, 1.807) is 30.3 Å². The summed E-state index contributed by atoms with van der Waals surface area (Å²) in [6.07, 6.45) is 0. The van der Waals surface area contributed by atoms with Gasteiger partial charge in [-0.1, -0.05) is 29.3 Å². The normalized spacial score (nSPS) is 10.8. The van der Waals surface area contributed by atoms with Gasteiger partial charge in [-0.3, -0.25) is 10.1 Å². The number of oxazole rings is 1. The van der Waals surface area contributed by atoms with Gasteiger partial charge < -0.3 is 14.5 Å². The number of ether oxygens (including phenoxy) is 1. The zero-order chi connectivity index (χ0) is 22.8. The van der Waals surface area contributed by atoms with Crippen molar-refractivity contribution in [3.8, 4) is 17.2 Å². The molecule has 4 rings (SSSR count). The summed E-state index contributed by atoms with van der Waals surface area (Å²) in [6.45, 7) is 1.98. The number of halogens is 2. The van der Waals surface area contributed by atoms with Crippen LogP contribution in [0.4, 0.5) is 5.69 Å². The lowest BCUT2D eigenvalue weighted by molar-refractivity contribution is 0.0977. The van der Waals surface area contributed by atoms with Crippen LogP contribution in [0.3, 0.4) is 0 Å². The van der Waals surface area contributed by atoms with Gasteiger partial charge in [0.15, 0.2) is 10.7 Å². The highest BCUT2D eigenvalue weighted by atomic mass is 35.5. The Morgan fingerprint density at radius 3 is 2.62 bits per heavy atom. The lowest BCUT2D eigenvalue weighted by Gasteiger charge is -2.11. The third-order valence-electron chi connectivity index (χ3n) is 4.64. The predicted octanol–water partition coefficient (Wildman–Crippen LogP) is 6.25. The topological polar surface area (TPSA) is 76.4 Å². The molecule has 0 atom stereocenters. The Kier molecular flexibility index (Phi) is 6.32. The highest BCUT2D eigenvalue weighted by Crippen LogP contribution is 2.32. The first-order chi connectivity index (χ1) is 15.3. The van der Waals surface area contributed by atoms with E-state index < -0.39 is 5.91 Å². The Morgan fingerprint density at radius 2 is 1.88 bits per heavy atom. The first-order valence-electron chi connectivity index (χ1n) is 9.47. The van der Waals surface area contributed by atoms with Crippen molar-refractivity contribution in [3.05, 3.63) is 75.8 Å². The number of nitrogens with zero attached hydrogens (tertiary/aromatic N) is 1. The number of thiocarbonyl (C=S) groups is 1. The van der Waals surface area contributed by atoms with E-state index in [-0.39, 0.29) is 5.11 Å². The van der Waals surface area contributed by atoms with E-state index in [2.05, 4.69) is 15.6 Å². The second-order valence-electron chi connectivity index (χ2n) is 6.94. The number of fused-ring (bicyclic) bond motifs is 1. The van der Waals surface area contributed by atoms with Crippen LogP contribution in [-0.4, -0.2) is 23.1 Å². The van der Waals surface area contributed by atoms with Gasteiger partial charge in [0, 0.05) is 11.3 Å². The van der Waals surface area contributed by atoms with Crippen LogP contribution in [0.5, 0.6) is 5.75 Å². The third kappa shape index (κ3) is 4.70. The Balaban J connectivity index is 1.51. The van der Waals surface area contributed by atoms with E-state index in [1.807, 2.05) is 25.1 Å². The molecule has 3 aromatic carbocycles. The molecule has 0 radical (unpaired) electrons. The molecule has 6 nitrogen and oxygen atoms in total. The first kappa shape index (κ1) is 22.1. The van der Waals surface area contributed by atoms with Crippen LogP contribution in [0.25, 0.3) is 22.6 Å². The minimum atomic E-state index is -0.407. The minimum absolute atomic E-state index is 0.114. The summed E-state index contributed by atoms with van der Waals surface area (Å²) in [5, 5.41) is 6.51. The minimum Gasteiger partial charge on any atom is -0.495 e. The fourth-order valence-corrected chi connectivity index (χ4v) is 3.73. The lowest BCUT2D eigenvalue weighted by Crippen LogP contribution is -2.34. The van der Waals surface area contributed by atoms with Crippen LogP contribution in [-0.2, 0) is 0 Å². The van der Waals surface area contributed by atoms with E-state index in [9.17, 15) is 4.79 Å². The number of hydrogen-bond donors (Lipinski definition) is 2. The summed E-state index contributed by atoms with van der Waals surface area (Å²) < 4.78 is 11.0. The van der Waals surface area contributed by atoms with E-state index in [0.29, 0.717) is 44.1 Å². The van der Waals surface area contributed by atoms with Crippen LogP contribution >= 0.6 is 35.4 Å². The quantitative estimate of drug-likeness (QED) is 0.333. The zero-order valence-electron chi connectivity index (χ0n) is 17.0. The van der Waals surface area contributed by atoms with E-state index in [0.717, 1.165) is 11.1 Å². The van der Waals surface area contributed by atoms with Gasteiger partial charge in [-0.2, -0.15) is 0 Å². The molecule has 0 aliphatic rings. The molecule has 1 amide bonds. The zero-order valence-corrected chi connectivity index (χ0v) is 19.4. The van der Waals surface area contributed by atoms with Crippen LogP contribution in [0.15, 0.2) is 59.0 Å². The molecule has 0 spiro atoms. The number of amides is 1. The predicted molar refractivity (Wildman–Crippen MR) is 131 cm³/mol. The van der Waals surface area contributed by atoms with Gasteiger partial charge in [-0.15, -0.1) is 0 Å². The number of hydrogen-bond acceptors (Lipinski definition) is 5. The van der Waals surface area contributed by atoms with Gasteiger partial charge in [0.05, 0.1) is 22.7 Å². The average molecular weight is 486 g/mol. The second kappa shape index (κ2) is 9.16. The molecular weight excluding hydrogens is 469 g/mol. The number of aromatic nitrogens is 1. The number of methoxy groups -OCH3 is 1. The van der Waals surface area contributed by atoms with Crippen LogP contribution in [0.2, 0.25) is 10.0 Å². The summed E-state index contributed by atoms with van der Waals surface area (Å²) in [6, 6.07) is 15.7. The summed E-state index contributed by atoms with van der Waals surface area (Å²) >= 11 is 17.7. The highest BCUT2D eigenvalue weighted by molar-refractivity contribution is 7.80. The van der Waals surface area contributed by atoms with Crippen molar-refractivity contribution in [2.75, 3.05) is 12.4 Å². The lowest BCUT2D eigenvalue weighted by atomic mass is 10.2. The molecule has 0 saturated heterocycles. The average Bonchev–Trinajstić information content (AvgIpc) is 3.17. The standard InChI is InChI=1S/C23H17Cl2N3O3S/c1-12-3-7-18-20(9-12)31-22(27-18)15-11-14(5-6-16(15)24)26-23(32)28-21(29)13-4-8-19(30-2)17(25)10-13/h3-11H,1-2H3,(H2,26,28,29,32). The van der Waals surface area contributed by atoms with Gasteiger partial charge in [-0.25, -0.2) is 4.98 Å². The summed E-state index contributed by atoms with van der Waals surface area (Å²) in [4.78, 5) is 17.0. The molecular formula is C23H17Cl2N3O3S. The number of aryl methyl sites for hydroxylation is 1. The van der Waals surface area contributed by atoms with Gasteiger partial charge in [0.1, 0.15) is 11.3 Å². The molecule has 2 N–H and O–H groups in total. The Bertz CT molecular complexity index is 1350. The molecule has 1 heterocycles. The molecule has 32 heavy (non-hydrogen) atoms. The van der Waals surface area contributed by atoms with Crippen molar-refractivity contribution in [3.63, 3.8) is 0 Å². The third-order valence-corrected chi connectivity index (χ3v) is 5.47. The summed E-state index contributed by atoms with van der Waals surface area (Å²) in [7, 11) is 1.50. The molecule has 0 aliphatic heterocycles. The second-order valence-corrected chi connectivity index (χ2v) is 8.17. The van der Waals surface area contributed by atoms with Crippen LogP contribution < -0.4 is 15.4 Å². The molecule has 0 aliphatic carbocycles. The maximum absolute atomic E-state index is 12.5. The van der Waals surface area contributed by atoms with E-state index >= 15 is 0 Å². The Morgan fingerprint density at radius 1 is 1.06 bits per heavy atom. The van der Waals surface area contributed by atoms with Crippen LogP contribution in [0, 0.1) is 6.92 Å². The van der Waals surface area contributed by atoms with Crippen molar-refractivity contribution >= 4 is 63.2 Å². The van der Waals surface area contributed by atoms with Crippen molar-refractivity contribution < 1.29 is 13.9 Å². The smallest absolute Gasteiger partial charge is 0.257 e. The molecule has 0 bridgehead atoms. The van der Waals surface area contributed by atoms with Crippen molar-refractivity contribution in [2.45, 2.75) is 6.92 Å². The Labute approximate surface area is 199 Å². The number of carbonyl (C=O) groups is 1. The SMILES string of the molecule is COc1ccc(C(=O)NC(=S)Nc2ccc(Cl)c(-c3nc4ccc(C)cc4o3)c2)cc1Cl. The van der Waals surface area contributed by atoms with Gasteiger partial charge in [-0.05, 0) is 73.2 Å². The molecule has 162 valence electrons. The fourth-order valence-electron chi connectivity index (χ4n) is 3.06. The van der Waals surface area contributed by atoms with Crippen molar-refractivity contribution in [2.24, 2.45) is 0 Å².